The van der Waals surface area contributed by atoms with E-state index in [1.165, 1.54) is 6.07 Å². The molecule has 0 spiro atoms. The lowest BCUT2D eigenvalue weighted by Crippen LogP contribution is -2.38. The van der Waals surface area contributed by atoms with E-state index in [2.05, 4.69) is 19.2 Å². The maximum atomic E-state index is 13.4. The molecule has 0 bridgehead atoms. The highest BCUT2D eigenvalue weighted by atomic mass is 35.5. The molecule has 1 N–H and O–H groups in total. The zero-order valence-electron chi connectivity index (χ0n) is 12.2. The van der Waals surface area contributed by atoms with Gasteiger partial charge in [0.2, 0.25) is 0 Å². The number of nitrogens with one attached hydrogen (secondary N) is 1. The van der Waals surface area contributed by atoms with E-state index in [1.54, 1.807) is 12.1 Å². The van der Waals surface area contributed by atoms with Crippen LogP contribution in [0.2, 0.25) is 5.02 Å². The smallest absolute Gasteiger partial charge is 0.123 e. The van der Waals surface area contributed by atoms with Crippen LogP contribution in [0.3, 0.4) is 0 Å². The molecule has 1 aliphatic heterocycles. The first-order valence-corrected chi connectivity index (χ1v) is 7.61. The van der Waals surface area contributed by atoms with Crippen LogP contribution in [0.15, 0.2) is 18.2 Å². The quantitative estimate of drug-likeness (QED) is 0.865. The Morgan fingerprint density at radius 1 is 1.45 bits per heavy atom. The summed E-state index contributed by atoms with van der Waals surface area (Å²) in [6.45, 7) is 7.74. The topological polar surface area (TPSA) is 21.3 Å². The standard InChI is InChI=1S/C16H23ClFNO/c1-12(2)9-19-10-16(5-6-20-11-16)8-13-7-14(18)3-4-15(13)17/h3-4,7,12,19H,5-6,8-11H2,1-2H3. The number of halogens is 2. The molecule has 20 heavy (non-hydrogen) atoms. The summed E-state index contributed by atoms with van der Waals surface area (Å²) in [5.41, 5.74) is 0.912. The highest BCUT2D eigenvalue weighted by Crippen LogP contribution is 2.34. The Morgan fingerprint density at radius 3 is 2.90 bits per heavy atom. The summed E-state index contributed by atoms with van der Waals surface area (Å²) in [5, 5.41) is 4.15. The summed E-state index contributed by atoms with van der Waals surface area (Å²) in [6.07, 6.45) is 1.75. The average Bonchev–Trinajstić information content (AvgIpc) is 2.82. The largest absolute Gasteiger partial charge is 0.381 e. The predicted octanol–water partition coefficient (Wildman–Crippen LogP) is 3.67. The van der Waals surface area contributed by atoms with Crippen LogP contribution < -0.4 is 5.32 Å². The molecule has 1 aromatic carbocycles. The summed E-state index contributed by atoms with van der Waals surface area (Å²) < 4.78 is 19.0. The third-order valence-corrected chi connectivity index (χ3v) is 4.18. The van der Waals surface area contributed by atoms with Crippen LogP contribution in [0, 0.1) is 17.2 Å². The van der Waals surface area contributed by atoms with Crippen molar-refractivity contribution in [2.24, 2.45) is 11.3 Å². The van der Waals surface area contributed by atoms with E-state index in [0.29, 0.717) is 17.5 Å². The molecule has 1 unspecified atom stereocenters. The minimum Gasteiger partial charge on any atom is -0.381 e. The number of hydrogen-bond donors (Lipinski definition) is 1. The zero-order chi connectivity index (χ0) is 14.6. The van der Waals surface area contributed by atoms with E-state index >= 15 is 0 Å². The van der Waals surface area contributed by atoms with Crippen LogP contribution in [-0.2, 0) is 11.2 Å². The van der Waals surface area contributed by atoms with Gasteiger partial charge in [0.1, 0.15) is 5.82 Å². The molecule has 0 aromatic heterocycles. The van der Waals surface area contributed by atoms with Gasteiger partial charge in [-0.25, -0.2) is 4.39 Å². The van der Waals surface area contributed by atoms with E-state index in [4.69, 9.17) is 16.3 Å². The van der Waals surface area contributed by atoms with Crippen molar-refractivity contribution in [3.63, 3.8) is 0 Å². The van der Waals surface area contributed by atoms with Crippen LogP contribution in [0.4, 0.5) is 4.39 Å². The molecule has 112 valence electrons. The number of hydrogen-bond acceptors (Lipinski definition) is 2. The van der Waals surface area contributed by atoms with Gasteiger partial charge in [-0.2, -0.15) is 0 Å². The van der Waals surface area contributed by atoms with Crippen molar-refractivity contribution in [1.82, 2.24) is 5.32 Å². The SMILES string of the molecule is CC(C)CNCC1(Cc2cc(F)ccc2Cl)CCOC1. The summed E-state index contributed by atoms with van der Waals surface area (Å²) in [5.74, 6) is 0.390. The molecular weight excluding hydrogens is 277 g/mol. The molecule has 4 heteroatoms. The van der Waals surface area contributed by atoms with Crippen LogP contribution in [0.1, 0.15) is 25.8 Å². The highest BCUT2D eigenvalue weighted by molar-refractivity contribution is 6.31. The van der Waals surface area contributed by atoms with E-state index in [9.17, 15) is 4.39 Å². The van der Waals surface area contributed by atoms with E-state index in [-0.39, 0.29) is 11.2 Å². The van der Waals surface area contributed by atoms with Gasteiger partial charge in [0.15, 0.2) is 0 Å². The first-order chi connectivity index (χ1) is 9.51. The van der Waals surface area contributed by atoms with Gasteiger partial charge < -0.3 is 10.1 Å². The third kappa shape index (κ3) is 4.18. The summed E-state index contributed by atoms with van der Waals surface area (Å²) in [6, 6.07) is 4.59. The van der Waals surface area contributed by atoms with Gasteiger partial charge in [0.05, 0.1) is 6.61 Å². The van der Waals surface area contributed by atoms with Crippen molar-refractivity contribution in [2.75, 3.05) is 26.3 Å². The molecule has 2 rings (SSSR count). The average molecular weight is 300 g/mol. The van der Waals surface area contributed by atoms with Crippen molar-refractivity contribution in [2.45, 2.75) is 26.7 Å². The maximum absolute atomic E-state index is 13.4. The molecule has 0 aliphatic carbocycles. The predicted molar refractivity (Wildman–Crippen MR) is 80.7 cm³/mol. The van der Waals surface area contributed by atoms with Crippen molar-refractivity contribution < 1.29 is 9.13 Å². The third-order valence-electron chi connectivity index (χ3n) is 3.81. The molecule has 1 aromatic rings. The van der Waals surface area contributed by atoms with E-state index in [1.807, 2.05) is 0 Å². The van der Waals surface area contributed by atoms with Crippen molar-refractivity contribution in [3.05, 3.63) is 34.6 Å². The Balaban J connectivity index is 2.06. The second-order valence-corrected chi connectivity index (χ2v) is 6.65. The Labute approximate surface area is 125 Å². The molecule has 1 atom stereocenters. The Bertz CT molecular complexity index is 444. The zero-order valence-corrected chi connectivity index (χ0v) is 13.0. The molecule has 2 nitrogen and oxygen atoms in total. The molecule has 0 radical (unpaired) electrons. The molecule has 1 fully saturated rings. The summed E-state index contributed by atoms with van der Waals surface area (Å²) in [4.78, 5) is 0. The monoisotopic (exact) mass is 299 g/mol. The molecule has 1 heterocycles. The fourth-order valence-electron chi connectivity index (χ4n) is 2.70. The van der Waals surface area contributed by atoms with Gasteiger partial charge in [-0.3, -0.25) is 0 Å². The molecule has 0 saturated carbocycles. The second kappa shape index (κ2) is 6.88. The Hall–Kier alpha value is -0.640. The molecular formula is C16H23ClFNO. The minimum absolute atomic E-state index is 0.0341. The Kier molecular flexibility index (Phi) is 5.42. The molecule has 1 saturated heterocycles. The normalized spacial score (nSPS) is 22.6. The van der Waals surface area contributed by atoms with Gasteiger partial charge in [-0.05, 0) is 49.1 Å². The first kappa shape index (κ1) is 15.7. The number of rotatable bonds is 6. The first-order valence-electron chi connectivity index (χ1n) is 7.23. The lowest BCUT2D eigenvalue weighted by Gasteiger charge is -2.29. The number of ether oxygens (including phenoxy) is 1. The van der Waals surface area contributed by atoms with Gasteiger partial charge in [-0.15, -0.1) is 0 Å². The van der Waals surface area contributed by atoms with Crippen LogP contribution in [0.5, 0.6) is 0 Å². The van der Waals surface area contributed by atoms with Crippen LogP contribution in [-0.4, -0.2) is 26.3 Å². The van der Waals surface area contributed by atoms with Crippen molar-refractivity contribution in [3.8, 4) is 0 Å². The lowest BCUT2D eigenvalue weighted by molar-refractivity contribution is 0.148. The second-order valence-electron chi connectivity index (χ2n) is 6.24. The fourth-order valence-corrected chi connectivity index (χ4v) is 2.88. The van der Waals surface area contributed by atoms with Gasteiger partial charge in [0, 0.05) is 23.6 Å². The van der Waals surface area contributed by atoms with Gasteiger partial charge >= 0.3 is 0 Å². The van der Waals surface area contributed by atoms with E-state index in [0.717, 1.165) is 38.1 Å². The van der Waals surface area contributed by atoms with Crippen LogP contribution in [0.25, 0.3) is 0 Å². The fraction of sp³-hybridized carbons (Fsp3) is 0.625. The van der Waals surface area contributed by atoms with Crippen LogP contribution >= 0.6 is 11.6 Å². The maximum Gasteiger partial charge on any atom is 0.123 e. The summed E-state index contributed by atoms with van der Waals surface area (Å²) in [7, 11) is 0. The lowest BCUT2D eigenvalue weighted by atomic mass is 9.80. The van der Waals surface area contributed by atoms with E-state index < -0.39 is 0 Å². The minimum atomic E-state index is -0.228. The Morgan fingerprint density at radius 2 is 2.25 bits per heavy atom. The molecule has 1 aliphatic rings. The van der Waals surface area contributed by atoms with Gasteiger partial charge in [-0.1, -0.05) is 25.4 Å². The van der Waals surface area contributed by atoms with Crippen molar-refractivity contribution >= 4 is 11.6 Å². The van der Waals surface area contributed by atoms with Crippen molar-refractivity contribution in [1.29, 1.82) is 0 Å². The summed E-state index contributed by atoms with van der Waals surface area (Å²) >= 11 is 6.19. The highest BCUT2D eigenvalue weighted by Gasteiger charge is 2.35. The number of benzene rings is 1. The van der Waals surface area contributed by atoms with Gasteiger partial charge in [0.25, 0.3) is 0 Å². The molecule has 0 amide bonds.